The summed E-state index contributed by atoms with van der Waals surface area (Å²) >= 11 is 0. The van der Waals surface area contributed by atoms with E-state index < -0.39 is 31.5 Å². The first-order valence-corrected chi connectivity index (χ1v) is 9.94. The highest BCUT2D eigenvalue weighted by molar-refractivity contribution is 7.58. The van der Waals surface area contributed by atoms with Crippen LogP contribution in [-0.2, 0) is 9.36 Å². The zero-order valence-corrected chi connectivity index (χ0v) is 14.0. The molecule has 8 heteroatoms. The molecule has 0 bridgehead atoms. The molecule has 7 nitrogen and oxygen atoms in total. The first-order valence-electron chi connectivity index (χ1n) is 7.91. The van der Waals surface area contributed by atoms with Crippen LogP contribution in [0.2, 0.25) is 0 Å². The zero-order valence-electron chi connectivity index (χ0n) is 13.1. The summed E-state index contributed by atoms with van der Waals surface area (Å²) in [5.41, 5.74) is 5.45. The molecule has 0 saturated heterocycles. The molecule has 0 spiro atoms. The summed E-state index contributed by atoms with van der Waals surface area (Å²) in [5.74, 6) is -0.330. The highest BCUT2D eigenvalue weighted by Gasteiger charge is 2.28. The van der Waals surface area contributed by atoms with Gasteiger partial charge in [0, 0.05) is 12.7 Å². The van der Waals surface area contributed by atoms with Crippen molar-refractivity contribution >= 4 is 13.3 Å². The van der Waals surface area contributed by atoms with Crippen LogP contribution in [0.1, 0.15) is 39.0 Å². The topological polar surface area (TPSA) is 133 Å². The van der Waals surface area contributed by atoms with Crippen molar-refractivity contribution in [2.75, 3.05) is 18.9 Å². The van der Waals surface area contributed by atoms with Gasteiger partial charge in [-0.2, -0.15) is 0 Å². The number of nitrogens with one attached hydrogen (secondary N) is 1. The van der Waals surface area contributed by atoms with Crippen LogP contribution >= 0.6 is 7.37 Å². The summed E-state index contributed by atoms with van der Waals surface area (Å²) in [6.07, 6.45) is 3.25. The second-order valence-corrected chi connectivity index (χ2v) is 8.80. The van der Waals surface area contributed by atoms with Crippen molar-refractivity contribution in [2.45, 2.75) is 57.3 Å². The highest BCUT2D eigenvalue weighted by Crippen LogP contribution is 2.45. The predicted molar refractivity (Wildman–Crippen MR) is 84.8 cm³/mol. The maximum Gasteiger partial charge on any atom is 0.239 e. The van der Waals surface area contributed by atoms with Crippen LogP contribution in [0.4, 0.5) is 0 Å². The van der Waals surface area contributed by atoms with Crippen molar-refractivity contribution in [3.8, 4) is 0 Å². The number of rotatable bonds is 8. The van der Waals surface area contributed by atoms with E-state index in [1.807, 2.05) is 0 Å². The lowest BCUT2D eigenvalue weighted by molar-refractivity contribution is -0.124. The van der Waals surface area contributed by atoms with Crippen LogP contribution in [-0.4, -0.2) is 58.1 Å². The lowest BCUT2D eigenvalue weighted by Crippen LogP contribution is -2.49. The molecule has 4 unspecified atom stereocenters. The van der Waals surface area contributed by atoms with Gasteiger partial charge in [-0.25, -0.2) is 0 Å². The van der Waals surface area contributed by atoms with Gasteiger partial charge in [0.1, 0.15) is 6.04 Å². The van der Waals surface area contributed by atoms with Crippen molar-refractivity contribution in [2.24, 2.45) is 11.7 Å². The maximum absolute atomic E-state index is 12.2. The van der Waals surface area contributed by atoms with Gasteiger partial charge in [0.05, 0.1) is 18.4 Å². The molecular weight excluding hydrogens is 307 g/mol. The summed E-state index contributed by atoms with van der Waals surface area (Å²) < 4.78 is 12.2. The fourth-order valence-electron chi connectivity index (χ4n) is 2.80. The first kappa shape index (κ1) is 19.6. The third kappa shape index (κ3) is 7.20. The Bertz CT molecular complexity index is 399. The number of nitrogens with two attached hydrogens (primary N) is 1. The molecule has 1 rings (SSSR count). The Morgan fingerprint density at radius 2 is 1.91 bits per heavy atom. The number of hydrogen-bond donors (Lipinski definition) is 5. The van der Waals surface area contributed by atoms with Gasteiger partial charge in [-0.1, -0.05) is 19.3 Å². The van der Waals surface area contributed by atoms with Crippen molar-refractivity contribution in [1.82, 2.24) is 5.32 Å². The van der Waals surface area contributed by atoms with E-state index in [9.17, 15) is 24.5 Å². The summed E-state index contributed by atoms with van der Waals surface area (Å²) in [6, 6.07) is -1.07. The molecule has 0 aromatic rings. The van der Waals surface area contributed by atoms with E-state index in [0.717, 1.165) is 25.7 Å². The molecule has 0 heterocycles. The van der Waals surface area contributed by atoms with E-state index in [4.69, 9.17) is 5.73 Å². The van der Waals surface area contributed by atoms with Gasteiger partial charge >= 0.3 is 0 Å². The molecule has 22 heavy (non-hydrogen) atoms. The lowest BCUT2D eigenvalue weighted by Gasteiger charge is -2.25. The molecule has 6 N–H and O–H groups in total. The molecule has 1 aliphatic carbocycles. The molecule has 1 saturated carbocycles. The molecular formula is C14H29N2O5P. The Morgan fingerprint density at radius 1 is 1.32 bits per heavy atom. The zero-order chi connectivity index (χ0) is 16.8. The second-order valence-electron chi connectivity index (χ2n) is 6.38. The second kappa shape index (κ2) is 8.99. The van der Waals surface area contributed by atoms with Gasteiger partial charge in [-0.15, -0.1) is 0 Å². The predicted octanol–water partition coefficient (Wildman–Crippen LogP) is 0.0223. The molecule has 1 fully saturated rings. The van der Waals surface area contributed by atoms with Gasteiger partial charge in [0.2, 0.25) is 13.3 Å². The van der Waals surface area contributed by atoms with Gasteiger partial charge in [-0.05, 0) is 25.7 Å². The average Bonchev–Trinajstić information content (AvgIpc) is 2.43. The maximum atomic E-state index is 12.2. The van der Waals surface area contributed by atoms with E-state index in [0.29, 0.717) is 0 Å². The number of amides is 1. The minimum Gasteiger partial charge on any atom is -0.391 e. The van der Waals surface area contributed by atoms with Crippen molar-refractivity contribution < 1.29 is 24.5 Å². The van der Waals surface area contributed by atoms with Crippen LogP contribution in [0, 0.1) is 5.92 Å². The van der Waals surface area contributed by atoms with E-state index in [1.54, 1.807) is 0 Å². The van der Waals surface area contributed by atoms with Crippen LogP contribution in [0.25, 0.3) is 0 Å². The van der Waals surface area contributed by atoms with Crippen LogP contribution in [0.3, 0.4) is 0 Å². The quantitative estimate of drug-likeness (QED) is 0.397. The third-order valence-corrected chi connectivity index (χ3v) is 6.18. The Kier molecular flexibility index (Phi) is 8.00. The van der Waals surface area contributed by atoms with Gasteiger partial charge in [-0.3, -0.25) is 9.36 Å². The Labute approximate surface area is 131 Å². The molecule has 1 aliphatic rings. The van der Waals surface area contributed by atoms with Crippen LogP contribution < -0.4 is 11.1 Å². The minimum atomic E-state index is -3.40. The van der Waals surface area contributed by atoms with E-state index in [2.05, 4.69) is 5.32 Å². The largest absolute Gasteiger partial charge is 0.391 e. The summed E-state index contributed by atoms with van der Waals surface area (Å²) in [4.78, 5) is 21.6. The average molecular weight is 336 g/mol. The Hall–Kier alpha value is -0.460. The first-order chi connectivity index (χ1) is 10.2. The normalized spacial score (nSPS) is 23.3. The van der Waals surface area contributed by atoms with E-state index in [-0.39, 0.29) is 24.8 Å². The number of carbonyl (C=O) groups excluding carboxylic acids is 1. The summed E-state index contributed by atoms with van der Waals surface area (Å²) in [5, 5.41) is 21.4. The van der Waals surface area contributed by atoms with E-state index in [1.165, 1.54) is 13.3 Å². The minimum absolute atomic E-state index is 0.144. The van der Waals surface area contributed by atoms with Crippen LogP contribution in [0.5, 0.6) is 0 Å². The summed E-state index contributed by atoms with van der Waals surface area (Å²) in [6.45, 7) is 1.25. The Morgan fingerprint density at radius 3 is 2.45 bits per heavy atom. The van der Waals surface area contributed by atoms with Crippen molar-refractivity contribution in [1.29, 1.82) is 0 Å². The Balaban J connectivity index is 2.34. The fraction of sp³-hybridized carbons (Fsp3) is 0.929. The molecule has 0 aliphatic heterocycles. The van der Waals surface area contributed by atoms with Gasteiger partial charge in [0.25, 0.3) is 0 Å². The molecule has 0 aromatic heterocycles. The molecule has 130 valence electrons. The highest BCUT2D eigenvalue weighted by atomic mass is 31.2. The van der Waals surface area contributed by atoms with Gasteiger partial charge in [0.15, 0.2) is 0 Å². The van der Waals surface area contributed by atoms with Gasteiger partial charge < -0.3 is 26.2 Å². The molecule has 0 radical (unpaired) electrons. The smallest absolute Gasteiger partial charge is 0.239 e. The molecule has 1 amide bonds. The van der Waals surface area contributed by atoms with Crippen LogP contribution in [0.15, 0.2) is 0 Å². The third-order valence-electron chi connectivity index (χ3n) is 4.10. The lowest BCUT2D eigenvalue weighted by atomic mass is 9.91. The standard InChI is InChI=1S/C14H29N2O5P/c1-10(17)13(15)14(19)16-7-12(18)9-22(20,21)8-11-5-3-2-4-6-11/h10-13,17-18H,2-9,15H2,1H3,(H,16,19)(H,20,21). The number of aliphatic hydroxyl groups is 2. The number of aliphatic hydroxyl groups excluding tert-OH is 2. The van der Waals surface area contributed by atoms with Crippen molar-refractivity contribution in [3.05, 3.63) is 0 Å². The SMILES string of the molecule is CC(O)C(N)C(=O)NCC(O)CP(=O)(O)CC1CCCCC1. The monoisotopic (exact) mass is 336 g/mol. The van der Waals surface area contributed by atoms with E-state index >= 15 is 0 Å². The fourth-order valence-corrected chi connectivity index (χ4v) is 4.91. The molecule has 4 atom stereocenters. The number of carbonyl (C=O) groups is 1. The molecule has 0 aromatic carbocycles. The summed E-state index contributed by atoms with van der Waals surface area (Å²) in [7, 11) is -3.40. The number of hydrogen-bond acceptors (Lipinski definition) is 5. The van der Waals surface area contributed by atoms with Crippen molar-refractivity contribution in [3.63, 3.8) is 0 Å².